The number of nitrogens with one attached hydrogen (secondary N) is 1. The summed E-state index contributed by atoms with van der Waals surface area (Å²) in [5.74, 6) is 1.22. The van der Waals surface area contributed by atoms with Crippen LogP contribution in [0.4, 0.5) is 5.82 Å². The smallest absolute Gasteiger partial charge is 0.234 e. The fourth-order valence-corrected chi connectivity index (χ4v) is 1.33. The van der Waals surface area contributed by atoms with Crippen molar-refractivity contribution in [2.75, 3.05) is 32.2 Å². The molecule has 0 amide bonds. The minimum Gasteiger partial charge on any atom is -0.477 e. The van der Waals surface area contributed by atoms with E-state index < -0.39 is 0 Å². The van der Waals surface area contributed by atoms with E-state index in [0.29, 0.717) is 24.9 Å². The molecule has 17 heavy (non-hydrogen) atoms. The molecule has 0 aromatic carbocycles. The number of nitrogens with two attached hydrogens (primary N) is 1. The van der Waals surface area contributed by atoms with Crippen LogP contribution in [0.5, 0.6) is 5.88 Å². The van der Waals surface area contributed by atoms with Gasteiger partial charge in [0, 0.05) is 19.7 Å². The first-order valence-electron chi connectivity index (χ1n) is 5.69. The molecule has 1 aromatic rings. The summed E-state index contributed by atoms with van der Waals surface area (Å²) >= 11 is 0. The third kappa shape index (κ3) is 5.46. The second-order valence-electron chi connectivity index (χ2n) is 3.61. The van der Waals surface area contributed by atoms with Crippen molar-refractivity contribution in [1.29, 1.82) is 0 Å². The minimum absolute atomic E-state index is 0.0375. The fourth-order valence-electron chi connectivity index (χ4n) is 1.33. The van der Waals surface area contributed by atoms with Crippen molar-refractivity contribution in [3.63, 3.8) is 0 Å². The molecule has 0 spiro atoms. The Morgan fingerprint density at radius 3 is 3.00 bits per heavy atom. The molecule has 1 atom stereocenters. The van der Waals surface area contributed by atoms with E-state index in [2.05, 4.69) is 15.3 Å². The first kappa shape index (κ1) is 13.7. The number of methoxy groups -OCH3 is 1. The largest absolute Gasteiger partial charge is 0.477 e. The second kappa shape index (κ2) is 7.81. The number of nitrogens with zero attached hydrogens (tertiary/aromatic N) is 2. The van der Waals surface area contributed by atoms with Gasteiger partial charge in [0.1, 0.15) is 5.82 Å². The number of rotatable bonds is 8. The summed E-state index contributed by atoms with van der Waals surface area (Å²) in [5, 5.41) is 3.14. The molecule has 0 aliphatic rings. The zero-order valence-electron chi connectivity index (χ0n) is 10.3. The zero-order chi connectivity index (χ0) is 12.5. The number of aromatic nitrogens is 2. The first-order valence-corrected chi connectivity index (χ1v) is 5.69. The van der Waals surface area contributed by atoms with Gasteiger partial charge in [-0.1, -0.05) is 0 Å². The van der Waals surface area contributed by atoms with Crippen LogP contribution >= 0.6 is 0 Å². The highest BCUT2D eigenvalue weighted by Gasteiger charge is 2.02. The third-order valence-corrected chi connectivity index (χ3v) is 2.11. The molecule has 0 saturated heterocycles. The van der Waals surface area contributed by atoms with E-state index in [1.54, 1.807) is 19.5 Å². The molecule has 1 unspecified atom stereocenters. The highest BCUT2D eigenvalue weighted by Crippen LogP contribution is 2.08. The Labute approximate surface area is 102 Å². The standard InChI is InChI=1S/C11H20N4O2/c1-3-17-11-7-13-6-10(15-11)14-5-4-9(12)8-16-2/h6-7,9H,3-5,8,12H2,1-2H3,(H,14,15). The number of hydrogen-bond donors (Lipinski definition) is 2. The van der Waals surface area contributed by atoms with Crippen LogP contribution in [0.1, 0.15) is 13.3 Å². The highest BCUT2D eigenvalue weighted by atomic mass is 16.5. The average molecular weight is 240 g/mol. The quantitative estimate of drug-likeness (QED) is 0.694. The van der Waals surface area contributed by atoms with Gasteiger partial charge in [-0.3, -0.25) is 4.98 Å². The van der Waals surface area contributed by atoms with E-state index in [0.717, 1.165) is 13.0 Å². The lowest BCUT2D eigenvalue weighted by Gasteiger charge is -2.11. The molecule has 6 nitrogen and oxygen atoms in total. The minimum atomic E-state index is 0.0375. The van der Waals surface area contributed by atoms with Gasteiger partial charge in [-0.25, -0.2) is 0 Å². The number of anilines is 1. The Morgan fingerprint density at radius 2 is 2.29 bits per heavy atom. The van der Waals surface area contributed by atoms with Gasteiger partial charge in [0.25, 0.3) is 0 Å². The summed E-state index contributed by atoms with van der Waals surface area (Å²) in [6.45, 7) is 3.78. The molecule has 0 bridgehead atoms. The molecule has 1 rings (SSSR count). The van der Waals surface area contributed by atoms with Crippen LogP contribution < -0.4 is 15.8 Å². The molecule has 0 aliphatic heterocycles. The van der Waals surface area contributed by atoms with Crippen LogP contribution in [0, 0.1) is 0 Å². The normalized spacial score (nSPS) is 12.2. The molecular formula is C11H20N4O2. The van der Waals surface area contributed by atoms with Gasteiger partial charge >= 0.3 is 0 Å². The topological polar surface area (TPSA) is 82.3 Å². The van der Waals surface area contributed by atoms with E-state index in [4.69, 9.17) is 15.2 Å². The lowest BCUT2D eigenvalue weighted by atomic mass is 10.2. The molecule has 0 fully saturated rings. The number of hydrogen-bond acceptors (Lipinski definition) is 6. The summed E-state index contributed by atoms with van der Waals surface area (Å²) in [4.78, 5) is 8.27. The first-order chi connectivity index (χ1) is 8.26. The van der Waals surface area contributed by atoms with Crippen LogP contribution in [-0.4, -0.2) is 42.9 Å². The van der Waals surface area contributed by atoms with E-state index in [1.165, 1.54) is 0 Å². The van der Waals surface area contributed by atoms with Crippen LogP contribution in [-0.2, 0) is 4.74 Å². The third-order valence-electron chi connectivity index (χ3n) is 2.11. The Hall–Kier alpha value is -1.40. The maximum Gasteiger partial charge on any atom is 0.234 e. The fraction of sp³-hybridized carbons (Fsp3) is 0.636. The van der Waals surface area contributed by atoms with E-state index in [-0.39, 0.29) is 6.04 Å². The van der Waals surface area contributed by atoms with Crippen molar-refractivity contribution in [3.8, 4) is 5.88 Å². The van der Waals surface area contributed by atoms with Crippen molar-refractivity contribution in [1.82, 2.24) is 9.97 Å². The van der Waals surface area contributed by atoms with Gasteiger partial charge in [0.05, 0.1) is 25.6 Å². The summed E-state index contributed by atoms with van der Waals surface area (Å²) < 4.78 is 10.2. The molecule has 1 aromatic heterocycles. The molecule has 3 N–H and O–H groups in total. The monoisotopic (exact) mass is 240 g/mol. The van der Waals surface area contributed by atoms with Crippen LogP contribution in [0.2, 0.25) is 0 Å². The highest BCUT2D eigenvalue weighted by molar-refractivity contribution is 5.33. The van der Waals surface area contributed by atoms with Crippen molar-refractivity contribution in [3.05, 3.63) is 12.4 Å². The van der Waals surface area contributed by atoms with Crippen LogP contribution in [0.25, 0.3) is 0 Å². The van der Waals surface area contributed by atoms with Gasteiger partial charge in [0.15, 0.2) is 0 Å². The molecule has 6 heteroatoms. The predicted molar refractivity (Wildman–Crippen MR) is 66.2 cm³/mol. The zero-order valence-corrected chi connectivity index (χ0v) is 10.3. The van der Waals surface area contributed by atoms with Crippen LogP contribution in [0.3, 0.4) is 0 Å². The maximum absolute atomic E-state index is 5.80. The van der Waals surface area contributed by atoms with Crippen molar-refractivity contribution in [2.24, 2.45) is 5.73 Å². The Kier molecular flexibility index (Phi) is 6.27. The SMILES string of the molecule is CCOc1cncc(NCCC(N)COC)n1. The summed E-state index contributed by atoms with van der Waals surface area (Å²) in [6.07, 6.45) is 4.06. The average Bonchev–Trinajstić information content (AvgIpc) is 2.30. The van der Waals surface area contributed by atoms with E-state index in [9.17, 15) is 0 Å². The van der Waals surface area contributed by atoms with Crippen molar-refractivity contribution >= 4 is 5.82 Å². The lowest BCUT2D eigenvalue weighted by Crippen LogP contribution is -2.28. The Bertz CT molecular complexity index is 322. The lowest BCUT2D eigenvalue weighted by molar-refractivity contribution is 0.178. The van der Waals surface area contributed by atoms with Crippen molar-refractivity contribution in [2.45, 2.75) is 19.4 Å². The summed E-state index contributed by atoms with van der Waals surface area (Å²) in [5.41, 5.74) is 5.80. The van der Waals surface area contributed by atoms with E-state index in [1.807, 2.05) is 6.92 Å². The summed E-state index contributed by atoms with van der Waals surface area (Å²) in [6, 6.07) is 0.0375. The van der Waals surface area contributed by atoms with Gasteiger partial charge < -0.3 is 20.5 Å². The molecule has 96 valence electrons. The Morgan fingerprint density at radius 1 is 1.47 bits per heavy atom. The maximum atomic E-state index is 5.80. The van der Waals surface area contributed by atoms with Gasteiger partial charge in [0.2, 0.25) is 5.88 Å². The molecule has 0 aliphatic carbocycles. The predicted octanol–water partition coefficient (Wildman–Crippen LogP) is 0.651. The van der Waals surface area contributed by atoms with Crippen molar-refractivity contribution < 1.29 is 9.47 Å². The van der Waals surface area contributed by atoms with Gasteiger partial charge in [-0.2, -0.15) is 4.98 Å². The molecule has 0 saturated carbocycles. The second-order valence-corrected chi connectivity index (χ2v) is 3.61. The summed E-state index contributed by atoms with van der Waals surface area (Å²) in [7, 11) is 1.64. The molecular weight excluding hydrogens is 220 g/mol. The molecule has 1 heterocycles. The molecule has 0 radical (unpaired) electrons. The Balaban J connectivity index is 2.33. The van der Waals surface area contributed by atoms with Crippen LogP contribution in [0.15, 0.2) is 12.4 Å². The van der Waals surface area contributed by atoms with Gasteiger partial charge in [-0.15, -0.1) is 0 Å². The van der Waals surface area contributed by atoms with E-state index >= 15 is 0 Å². The van der Waals surface area contributed by atoms with Gasteiger partial charge in [-0.05, 0) is 13.3 Å². The number of ether oxygens (including phenoxy) is 2.